The second-order valence-corrected chi connectivity index (χ2v) is 3.99. The van der Waals surface area contributed by atoms with Crippen molar-refractivity contribution in [2.24, 2.45) is 5.92 Å². The van der Waals surface area contributed by atoms with Crippen molar-refractivity contribution in [1.29, 1.82) is 0 Å². The first kappa shape index (κ1) is 10.3. The Hall–Kier alpha value is -0.830. The number of aromatic nitrogens is 2. The van der Waals surface area contributed by atoms with Crippen LogP contribution < -0.4 is 5.32 Å². The standard InChI is InChI=1S/C10H19N3/c1-8(2)6-9(3)11-7-10-4-5-12-13-10/h4-5,8-9,11H,6-7H2,1-3H3,(H,12,13). The highest BCUT2D eigenvalue weighted by Gasteiger charge is 2.04. The molecular formula is C10H19N3. The maximum atomic E-state index is 3.90. The zero-order chi connectivity index (χ0) is 9.68. The quantitative estimate of drug-likeness (QED) is 0.728. The molecule has 0 aliphatic heterocycles. The maximum Gasteiger partial charge on any atom is 0.0490 e. The zero-order valence-electron chi connectivity index (χ0n) is 8.67. The molecule has 0 saturated carbocycles. The van der Waals surface area contributed by atoms with Crippen LogP contribution in [0.5, 0.6) is 0 Å². The van der Waals surface area contributed by atoms with Gasteiger partial charge in [-0.15, -0.1) is 0 Å². The predicted molar refractivity (Wildman–Crippen MR) is 54.3 cm³/mol. The summed E-state index contributed by atoms with van der Waals surface area (Å²) >= 11 is 0. The summed E-state index contributed by atoms with van der Waals surface area (Å²) < 4.78 is 0. The lowest BCUT2D eigenvalue weighted by Gasteiger charge is -2.14. The number of nitrogens with zero attached hydrogens (tertiary/aromatic N) is 1. The van der Waals surface area contributed by atoms with Gasteiger partial charge in [0, 0.05) is 24.5 Å². The number of nitrogens with one attached hydrogen (secondary N) is 2. The SMILES string of the molecule is CC(C)CC(C)NCc1ccn[nH]1. The van der Waals surface area contributed by atoms with Gasteiger partial charge in [-0.25, -0.2) is 0 Å². The van der Waals surface area contributed by atoms with Crippen LogP contribution in [0.25, 0.3) is 0 Å². The van der Waals surface area contributed by atoms with Crippen LogP contribution in [0, 0.1) is 5.92 Å². The summed E-state index contributed by atoms with van der Waals surface area (Å²) in [6.45, 7) is 7.59. The smallest absolute Gasteiger partial charge is 0.0490 e. The molecule has 0 saturated heterocycles. The molecule has 74 valence electrons. The highest BCUT2D eigenvalue weighted by Crippen LogP contribution is 2.04. The lowest BCUT2D eigenvalue weighted by atomic mass is 10.1. The molecule has 1 aromatic heterocycles. The molecule has 0 aliphatic rings. The van der Waals surface area contributed by atoms with E-state index in [2.05, 4.69) is 36.3 Å². The van der Waals surface area contributed by atoms with E-state index in [1.807, 2.05) is 6.07 Å². The summed E-state index contributed by atoms with van der Waals surface area (Å²) in [5.74, 6) is 0.754. The zero-order valence-corrected chi connectivity index (χ0v) is 8.67. The summed E-state index contributed by atoms with van der Waals surface area (Å²) in [4.78, 5) is 0. The Kier molecular flexibility index (Phi) is 3.96. The van der Waals surface area contributed by atoms with Gasteiger partial charge >= 0.3 is 0 Å². The molecule has 0 fully saturated rings. The molecule has 1 unspecified atom stereocenters. The molecule has 1 aromatic rings. The van der Waals surface area contributed by atoms with E-state index in [0.717, 1.165) is 18.2 Å². The highest BCUT2D eigenvalue weighted by molar-refractivity contribution is 4.96. The minimum atomic E-state index is 0.572. The molecule has 2 N–H and O–H groups in total. The fourth-order valence-electron chi connectivity index (χ4n) is 1.46. The normalized spacial score (nSPS) is 13.5. The summed E-state index contributed by atoms with van der Waals surface area (Å²) in [7, 11) is 0. The Labute approximate surface area is 79.9 Å². The van der Waals surface area contributed by atoms with Gasteiger partial charge in [-0.3, -0.25) is 5.10 Å². The van der Waals surface area contributed by atoms with Crippen molar-refractivity contribution in [3.8, 4) is 0 Å². The van der Waals surface area contributed by atoms with Gasteiger partial charge in [0.15, 0.2) is 0 Å². The van der Waals surface area contributed by atoms with E-state index < -0.39 is 0 Å². The molecule has 0 spiro atoms. The first-order valence-corrected chi connectivity index (χ1v) is 4.90. The van der Waals surface area contributed by atoms with Crippen molar-refractivity contribution >= 4 is 0 Å². The van der Waals surface area contributed by atoms with E-state index in [1.54, 1.807) is 6.20 Å². The molecule has 1 heterocycles. The topological polar surface area (TPSA) is 40.7 Å². The van der Waals surface area contributed by atoms with E-state index in [4.69, 9.17) is 0 Å². The van der Waals surface area contributed by atoms with Crippen LogP contribution in [-0.2, 0) is 6.54 Å². The van der Waals surface area contributed by atoms with E-state index in [1.165, 1.54) is 6.42 Å². The van der Waals surface area contributed by atoms with Crippen molar-refractivity contribution < 1.29 is 0 Å². The molecule has 0 aliphatic carbocycles. The van der Waals surface area contributed by atoms with Crippen LogP contribution >= 0.6 is 0 Å². The van der Waals surface area contributed by atoms with Crippen LogP contribution in [0.4, 0.5) is 0 Å². The van der Waals surface area contributed by atoms with E-state index >= 15 is 0 Å². The number of hydrogen-bond donors (Lipinski definition) is 2. The van der Waals surface area contributed by atoms with Crippen molar-refractivity contribution in [2.45, 2.75) is 39.8 Å². The summed E-state index contributed by atoms with van der Waals surface area (Å²) in [5, 5.41) is 10.3. The third kappa shape index (κ3) is 4.08. The van der Waals surface area contributed by atoms with Gasteiger partial charge in [0.2, 0.25) is 0 Å². The molecule has 0 bridgehead atoms. The number of rotatable bonds is 5. The maximum absolute atomic E-state index is 3.90. The molecule has 3 nitrogen and oxygen atoms in total. The lowest BCUT2D eigenvalue weighted by molar-refractivity contribution is 0.439. The minimum Gasteiger partial charge on any atom is -0.309 e. The molecule has 0 aromatic carbocycles. The third-order valence-corrected chi connectivity index (χ3v) is 2.02. The van der Waals surface area contributed by atoms with Gasteiger partial charge in [-0.2, -0.15) is 5.10 Å². The van der Waals surface area contributed by atoms with Crippen molar-refractivity contribution in [3.63, 3.8) is 0 Å². The molecule has 3 heteroatoms. The Bertz CT molecular complexity index is 216. The summed E-state index contributed by atoms with van der Waals surface area (Å²) in [5.41, 5.74) is 1.15. The highest BCUT2D eigenvalue weighted by atomic mass is 15.1. The van der Waals surface area contributed by atoms with Crippen LogP contribution in [-0.4, -0.2) is 16.2 Å². The number of aromatic amines is 1. The van der Waals surface area contributed by atoms with Gasteiger partial charge < -0.3 is 5.32 Å². The van der Waals surface area contributed by atoms with E-state index in [9.17, 15) is 0 Å². The fourth-order valence-corrected chi connectivity index (χ4v) is 1.46. The van der Waals surface area contributed by atoms with Crippen LogP contribution in [0.1, 0.15) is 32.9 Å². The van der Waals surface area contributed by atoms with Gasteiger partial charge in [0.25, 0.3) is 0 Å². The van der Waals surface area contributed by atoms with Gasteiger partial charge in [0.1, 0.15) is 0 Å². The van der Waals surface area contributed by atoms with Gasteiger partial charge in [-0.05, 0) is 25.3 Å². The number of hydrogen-bond acceptors (Lipinski definition) is 2. The Balaban J connectivity index is 2.19. The Morgan fingerprint density at radius 2 is 2.23 bits per heavy atom. The Morgan fingerprint density at radius 3 is 2.77 bits per heavy atom. The van der Waals surface area contributed by atoms with Crippen LogP contribution in [0.15, 0.2) is 12.3 Å². The predicted octanol–water partition coefficient (Wildman–Crippen LogP) is 1.93. The fraction of sp³-hybridized carbons (Fsp3) is 0.700. The van der Waals surface area contributed by atoms with Crippen molar-refractivity contribution in [2.75, 3.05) is 0 Å². The first-order chi connectivity index (χ1) is 6.18. The van der Waals surface area contributed by atoms with Crippen molar-refractivity contribution in [3.05, 3.63) is 18.0 Å². The van der Waals surface area contributed by atoms with Crippen LogP contribution in [0.3, 0.4) is 0 Å². The van der Waals surface area contributed by atoms with E-state index in [0.29, 0.717) is 6.04 Å². The third-order valence-electron chi connectivity index (χ3n) is 2.02. The Morgan fingerprint density at radius 1 is 1.46 bits per heavy atom. The monoisotopic (exact) mass is 181 g/mol. The minimum absolute atomic E-state index is 0.572. The second kappa shape index (κ2) is 5.02. The molecule has 1 atom stereocenters. The lowest BCUT2D eigenvalue weighted by Crippen LogP contribution is -2.26. The average Bonchev–Trinajstić information content (AvgIpc) is 2.51. The van der Waals surface area contributed by atoms with Gasteiger partial charge in [0.05, 0.1) is 0 Å². The molecule has 0 amide bonds. The summed E-state index contributed by atoms with van der Waals surface area (Å²) in [6, 6.07) is 2.57. The van der Waals surface area contributed by atoms with Crippen LogP contribution in [0.2, 0.25) is 0 Å². The molecular weight excluding hydrogens is 162 g/mol. The van der Waals surface area contributed by atoms with Gasteiger partial charge in [-0.1, -0.05) is 13.8 Å². The first-order valence-electron chi connectivity index (χ1n) is 4.90. The van der Waals surface area contributed by atoms with Crippen molar-refractivity contribution in [1.82, 2.24) is 15.5 Å². The molecule has 1 rings (SSSR count). The molecule has 13 heavy (non-hydrogen) atoms. The van der Waals surface area contributed by atoms with E-state index in [-0.39, 0.29) is 0 Å². The second-order valence-electron chi connectivity index (χ2n) is 3.99. The number of H-pyrrole nitrogens is 1. The average molecular weight is 181 g/mol. The largest absolute Gasteiger partial charge is 0.309 e. The summed E-state index contributed by atoms with van der Waals surface area (Å²) in [6.07, 6.45) is 3.00. The molecule has 0 radical (unpaired) electrons.